The van der Waals surface area contributed by atoms with Crippen molar-refractivity contribution in [1.29, 1.82) is 0 Å². The number of benzene rings is 3. The zero-order valence-electron chi connectivity index (χ0n) is 18.7. The summed E-state index contributed by atoms with van der Waals surface area (Å²) in [6, 6.07) is 20.5. The maximum absolute atomic E-state index is 13.0. The van der Waals surface area contributed by atoms with E-state index in [-0.39, 0.29) is 17.6 Å². The Morgan fingerprint density at radius 2 is 1.88 bits per heavy atom. The third kappa shape index (κ3) is 5.81. The van der Waals surface area contributed by atoms with Gasteiger partial charge in [0, 0.05) is 18.3 Å². The number of rotatable bonds is 8. The van der Waals surface area contributed by atoms with Gasteiger partial charge in [0.25, 0.3) is 5.91 Å². The molecule has 2 amide bonds. The molecule has 6 nitrogen and oxygen atoms in total. The molecule has 3 aromatic carbocycles. The van der Waals surface area contributed by atoms with Crippen molar-refractivity contribution in [3.63, 3.8) is 0 Å². The lowest BCUT2D eigenvalue weighted by molar-refractivity contribution is -0.125. The van der Waals surface area contributed by atoms with Gasteiger partial charge in [0.1, 0.15) is 17.3 Å². The molecule has 0 saturated heterocycles. The van der Waals surface area contributed by atoms with E-state index in [0.717, 1.165) is 5.75 Å². The van der Waals surface area contributed by atoms with Crippen molar-refractivity contribution >= 4 is 29.3 Å². The van der Waals surface area contributed by atoms with Crippen LogP contribution in [0.1, 0.15) is 18.9 Å². The molecule has 34 heavy (non-hydrogen) atoms. The number of hydrogen-bond acceptors (Lipinski definition) is 4. The van der Waals surface area contributed by atoms with Crippen LogP contribution in [-0.2, 0) is 9.59 Å². The highest BCUT2D eigenvalue weighted by Gasteiger charge is 2.31. The molecule has 0 aromatic heterocycles. The van der Waals surface area contributed by atoms with Crippen LogP contribution in [0.4, 0.5) is 15.8 Å². The molecule has 1 atom stereocenters. The van der Waals surface area contributed by atoms with E-state index in [1.165, 1.54) is 18.2 Å². The lowest BCUT2D eigenvalue weighted by Crippen LogP contribution is -2.45. The molecule has 3 aromatic rings. The Labute approximate surface area is 197 Å². The number of carbonyl (C=O) groups is 2. The summed E-state index contributed by atoms with van der Waals surface area (Å²) in [5.41, 5.74) is 1.84. The smallest absolute Gasteiger partial charge is 0.267 e. The average Bonchev–Trinajstić information content (AvgIpc) is 2.84. The van der Waals surface area contributed by atoms with Crippen LogP contribution < -0.4 is 19.7 Å². The van der Waals surface area contributed by atoms with Crippen molar-refractivity contribution in [1.82, 2.24) is 0 Å². The van der Waals surface area contributed by atoms with Crippen molar-refractivity contribution in [2.24, 2.45) is 0 Å². The van der Waals surface area contributed by atoms with E-state index in [1.807, 2.05) is 30.3 Å². The van der Waals surface area contributed by atoms with Crippen molar-refractivity contribution in [2.45, 2.75) is 19.4 Å². The summed E-state index contributed by atoms with van der Waals surface area (Å²) in [6.45, 7) is 2.63. The van der Waals surface area contributed by atoms with E-state index >= 15 is 0 Å². The molecule has 4 rings (SSSR count). The number of para-hydroxylation sites is 1. The van der Waals surface area contributed by atoms with Crippen LogP contribution in [0.5, 0.6) is 11.5 Å². The number of nitrogens with one attached hydrogen (secondary N) is 1. The molecule has 7 heteroatoms. The Kier molecular flexibility index (Phi) is 7.22. The van der Waals surface area contributed by atoms with E-state index in [4.69, 9.17) is 9.47 Å². The van der Waals surface area contributed by atoms with Gasteiger partial charge in [0.15, 0.2) is 6.10 Å². The fourth-order valence-electron chi connectivity index (χ4n) is 3.57. The normalized spacial score (nSPS) is 15.1. The van der Waals surface area contributed by atoms with Crippen LogP contribution in [0.3, 0.4) is 0 Å². The standard InChI is InChI=1S/C27H25FN2O4/c1-19-27(32)30(16-5-17-33-23-6-3-2-4-7-23)24-18-22(13-14-25(24)34-19)29-26(31)15-10-20-8-11-21(28)12-9-20/h2-4,6-15,18-19H,5,16-17H2,1H3,(H,29,31)/b15-10+. The first-order valence-electron chi connectivity index (χ1n) is 11.0. The SMILES string of the molecule is CC1Oc2ccc(NC(=O)/C=C/c3ccc(F)cc3)cc2N(CCCOc2ccccc2)C1=O. The summed E-state index contributed by atoms with van der Waals surface area (Å²) >= 11 is 0. The molecule has 1 aliphatic rings. The molecule has 1 unspecified atom stereocenters. The number of halogens is 1. The minimum atomic E-state index is -0.596. The van der Waals surface area contributed by atoms with Gasteiger partial charge >= 0.3 is 0 Å². The van der Waals surface area contributed by atoms with E-state index in [9.17, 15) is 14.0 Å². The number of anilines is 2. The van der Waals surface area contributed by atoms with Gasteiger partial charge in [0.05, 0.1) is 12.3 Å². The molecular formula is C27H25FN2O4. The van der Waals surface area contributed by atoms with Crippen LogP contribution in [0.2, 0.25) is 0 Å². The average molecular weight is 461 g/mol. The molecule has 0 saturated carbocycles. The van der Waals surface area contributed by atoms with E-state index in [2.05, 4.69) is 5.32 Å². The monoisotopic (exact) mass is 460 g/mol. The van der Waals surface area contributed by atoms with Crippen LogP contribution >= 0.6 is 0 Å². The van der Waals surface area contributed by atoms with Crippen LogP contribution in [0, 0.1) is 5.82 Å². The van der Waals surface area contributed by atoms with E-state index < -0.39 is 6.10 Å². The second-order valence-electron chi connectivity index (χ2n) is 7.82. The lowest BCUT2D eigenvalue weighted by Gasteiger charge is -2.33. The highest BCUT2D eigenvalue weighted by molar-refractivity contribution is 6.04. The molecule has 0 aliphatic carbocycles. The summed E-state index contributed by atoms with van der Waals surface area (Å²) in [4.78, 5) is 26.8. The molecule has 0 bridgehead atoms. The van der Waals surface area contributed by atoms with Gasteiger partial charge in [-0.25, -0.2) is 4.39 Å². The maximum Gasteiger partial charge on any atom is 0.267 e. The molecule has 1 N–H and O–H groups in total. The number of nitrogens with zero attached hydrogens (tertiary/aromatic N) is 1. The summed E-state index contributed by atoms with van der Waals surface area (Å²) in [5.74, 6) is 0.535. The molecule has 0 fully saturated rings. The first-order valence-corrected chi connectivity index (χ1v) is 11.0. The summed E-state index contributed by atoms with van der Waals surface area (Å²) < 4.78 is 24.5. The second-order valence-corrected chi connectivity index (χ2v) is 7.82. The Hall–Kier alpha value is -4.13. The predicted molar refractivity (Wildman–Crippen MR) is 130 cm³/mol. The molecule has 0 spiro atoms. The number of hydrogen-bond donors (Lipinski definition) is 1. The highest BCUT2D eigenvalue weighted by Crippen LogP contribution is 2.36. The van der Waals surface area contributed by atoms with Crippen molar-refractivity contribution < 1.29 is 23.5 Å². The Bertz CT molecular complexity index is 1180. The third-order valence-corrected chi connectivity index (χ3v) is 5.27. The summed E-state index contributed by atoms with van der Waals surface area (Å²) in [6.07, 6.45) is 3.00. The minimum absolute atomic E-state index is 0.146. The highest BCUT2D eigenvalue weighted by atomic mass is 19.1. The van der Waals surface area contributed by atoms with Crippen LogP contribution in [0.25, 0.3) is 6.08 Å². The predicted octanol–water partition coefficient (Wildman–Crippen LogP) is 5.06. The van der Waals surface area contributed by atoms with Gasteiger partial charge in [0.2, 0.25) is 5.91 Å². The molecule has 0 radical (unpaired) electrons. The zero-order chi connectivity index (χ0) is 23.9. The number of ether oxygens (including phenoxy) is 2. The second kappa shape index (κ2) is 10.7. The summed E-state index contributed by atoms with van der Waals surface area (Å²) in [5, 5.41) is 2.79. The number of carbonyl (C=O) groups excluding carboxylic acids is 2. The van der Waals surface area contributed by atoms with Gasteiger partial charge in [-0.1, -0.05) is 30.3 Å². The number of amides is 2. The lowest BCUT2D eigenvalue weighted by atomic mass is 10.1. The first kappa shape index (κ1) is 23.0. The topological polar surface area (TPSA) is 67.9 Å². The first-order chi connectivity index (χ1) is 16.5. The van der Waals surface area contributed by atoms with Crippen molar-refractivity contribution in [3.05, 3.63) is 90.3 Å². The molecule has 174 valence electrons. The van der Waals surface area contributed by atoms with Crippen molar-refractivity contribution in [2.75, 3.05) is 23.4 Å². The zero-order valence-corrected chi connectivity index (χ0v) is 18.7. The molecular weight excluding hydrogens is 435 g/mol. The van der Waals surface area contributed by atoms with Crippen LogP contribution in [0.15, 0.2) is 78.9 Å². The quantitative estimate of drug-likeness (QED) is 0.377. The van der Waals surface area contributed by atoms with Gasteiger partial charge in [-0.15, -0.1) is 0 Å². The Morgan fingerprint density at radius 3 is 2.65 bits per heavy atom. The summed E-state index contributed by atoms with van der Waals surface area (Å²) in [7, 11) is 0. The Morgan fingerprint density at radius 1 is 1.12 bits per heavy atom. The van der Waals surface area contributed by atoms with Gasteiger partial charge < -0.3 is 19.7 Å². The molecule has 1 heterocycles. The van der Waals surface area contributed by atoms with E-state index in [1.54, 1.807) is 48.2 Å². The fraction of sp³-hybridized carbons (Fsp3) is 0.185. The van der Waals surface area contributed by atoms with E-state index in [0.29, 0.717) is 42.3 Å². The Balaban J connectivity index is 1.41. The van der Waals surface area contributed by atoms with Gasteiger partial charge in [-0.3, -0.25) is 9.59 Å². The van der Waals surface area contributed by atoms with Gasteiger partial charge in [-0.2, -0.15) is 0 Å². The van der Waals surface area contributed by atoms with Gasteiger partial charge in [-0.05, 0) is 67.4 Å². The number of fused-ring (bicyclic) bond motifs is 1. The van der Waals surface area contributed by atoms with Crippen molar-refractivity contribution in [3.8, 4) is 11.5 Å². The largest absolute Gasteiger partial charge is 0.494 e. The fourth-order valence-corrected chi connectivity index (χ4v) is 3.57. The minimum Gasteiger partial charge on any atom is -0.494 e. The third-order valence-electron chi connectivity index (χ3n) is 5.27. The molecule has 1 aliphatic heterocycles. The maximum atomic E-state index is 13.0. The van der Waals surface area contributed by atoms with Crippen LogP contribution in [-0.4, -0.2) is 31.1 Å².